The third-order valence-electron chi connectivity index (χ3n) is 3.02. The summed E-state index contributed by atoms with van der Waals surface area (Å²) in [5.74, 6) is -0.0687. The Hall–Kier alpha value is -3.08. The largest absolute Gasteiger partial charge is 0.497 e. The fourth-order valence-electron chi connectivity index (χ4n) is 1.86. The molecular formula is C18H16O5. The zero-order valence-corrected chi connectivity index (χ0v) is 12.6. The van der Waals surface area contributed by atoms with Gasteiger partial charge in [0.15, 0.2) is 12.4 Å². The number of carbonyl (C=O) groups is 2. The van der Waals surface area contributed by atoms with Crippen molar-refractivity contribution >= 4 is 17.8 Å². The Morgan fingerprint density at radius 2 is 1.83 bits per heavy atom. The Bertz CT molecular complexity index is 716. The predicted molar refractivity (Wildman–Crippen MR) is 85.9 cm³/mol. The van der Waals surface area contributed by atoms with Gasteiger partial charge in [-0.3, -0.25) is 4.79 Å². The highest BCUT2D eigenvalue weighted by molar-refractivity contribution is 6.07. The molecule has 0 aliphatic rings. The summed E-state index contributed by atoms with van der Waals surface area (Å²) >= 11 is 0. The molecule has 0 amide bonds. The van der Waals surface area contributed by atoms with Crippen LogP contribution in [-0.4, -0.2) is 30.6 Å². The minimum absolute atomic E-state index is 0.130. The predicted octanol–water partition coefficient (Wildman–Crippen LogP) is 3.05. The highest BCUT2D eigenvalue weighted by Crippen LogP contribution is 2.15. The smallest absolute Gasteiger partial charge is 0.341 e. The van der Waals surface area contributed by atoms with Gasteiger partial charge in [0, 0.05) is 5.56 Å². The van der Waals surface area contributed by atoms with Crippen LogP contribution in [0.2, 0.25) is 0 Å². The van der Waals surface area contributed by atoms with E-state index in [1.807, 2.05) is 0 Å². The maximum atomic E-state index is 12.1. The molecule has 1 N–H and O–H groups in total. The first-order chi connectivity index (χ1) is 11.1. The van der Waals surface area contributed by atoms with Crippen molar-refractivity contribution in [2.45, 2.75) is 0 Å². The van der Waals surface area contributed by atoms with Gasteiger partial charge in [-0.05, 0) is 35.9 Å². The molecule has 0 saturated carbocycles. The SMILES string of the molecule is COc1cccc(C(=O)/C=C/c2ccc(OCC(=O)O)cc2)c1. The summed E-state index contributed by atoms with van der Waals surface area (Å²) in [4.78, 5) is 22.5. The molecule has 5 nitrogen and oxygen atoms in total. The first-order valence-electron chi connectivity index (χ1n) is 6.89. The van der Waals surface area contributed by atoms with Crippen LogP contribution in [0.3, 0.4) is 0 Å². The van der Waals surface area contributed by atoms with Crippen LogP contribution in [0, 0.1) is 0 Å². The third-order valence-corrected chi connectivity index (χ3v) is 3.02. The summed E-state index contributed by atoms with van der Waals surface area (Å²) in [6, 6.07) is 13.7. The van der Waals surface area contributed by atoms with E-state index < -0.39 is 5.97 Å². The van der Waals surface area contributed by atoms with Gasteiger partial charge in [-0.2, -0.15) is 0 Å². The second-order valence-electron chi connectivity index (χ2n) is 4.68. The molecule has 0 heterocycles. The van der Waals surface area contributed by atoms with Crippen molar-refractivity contribution in [3.63, 3.8) is 0 Å². The molecule has 2 aromatic carbocycles. The van der Waals surface area contributed by atoms with E-state index in [1.54, 1.807) is 61.7 Å². The first kappa shape index (κ1) is 16.3. The van der Waals surface area contributed by atoms with Crippen LogP contribution in [0.5, 0.6) is 11.5 Å². The normalized spacial score (nSPS) is 10.5. The van der Waals surface area contributed by atoms with E-state index in [1.165, 1.54) is 6.08 Å². The monoisotopic (exact) mass is 312 g/mol. The molecule has 0 aliphatic heterocycles. The maximum absolute atomic E-state index is 12.1. The molecule has 5 heteroatoms. The molecule has 0 radical (unpaired) electrons. The molecule has 0 bridgehead atoms. The minimum Gasteiger partial charge on any atom is -0.497 e. The average Bonchev–Trinajstić information content (AvgIpc) is 2.58. The van der Waals surface area contributed by atoms with Crippen LogP contribution in [0.25, 0.3) is 6.08 Å². The van der Waals surface area contributed by atoms with Gasteiger partial charge in [-0.25, -0.2) is 4.79 Å². The molecule has 0 saturated heterocycles. The molecule has 0 atom stereocenters. The van der Waals surface area contributed by atoms with E-state index in [0.29, 0.717) is 17.1 Å². The van der Waals surface area contributed by atoms with E-state index in [2.05, 4.69) is 0 Å². The number of hydrogen-bond donors (Lipinski definition) is 1. The van der Waals surface area contributed by atoms with Crippen LogP contribution in [0.4, 0.5) is 0 Å². The second kappa shape index (κ2) is 7.79. The van der Waals surface area contributed by atoms with E-state index in [0.717, 1.165) is 5.56 Å². The molecule has 118 valence electrons. The minimum atomic E-state index is -1.03. The lowest BCUT2D eigenvalue weighted by Crippen LogP contribution is -2.09. The Morgan fingerprint density at radius 1 is 1.09 bits per heavy atom. The van der Waals surface area contributed by atoms with Gasteiger partial charge in [0.1, 0.15) is 11.5 Å². The zero-order valence-electron chi connectivity index (χ0n) is 12.6. The van der Waals surface area contributed by atoms with Gasteiger partial charge in [0.25, 0.3) is 0 Å². The Balaban J connectivity index is 2.01. The summed E-state index contributed by atoms with van der Waals surface area (Å²) < 4.78 is 10.1. The van der Waals surface area contributed by atoms with Crippen LogP contribution >= 0.6 is 0 Å². The van der Waals surface area contributed by atoms with E-state index in [-0.39, 0.29) is 12.4 Å². The lowest BCUT2D eigenvalue weighted by Gasteiger charge is -2.03. The van der Waals surface area contributed by atoms with Crippen LogP contribution in [0.1, 0.15) is 15.9 Å². The van der Waals surface area contributed by atoms with Crippen LogP contribution in [0.15, 0.2) is 54.6 Å². The summed E-state index contributed by atoms with van der Waals surface area (Å²) in [6.07, 6.45) is 3.16. The maximum Gasteiger partial charge on any atom is 0.341 e. The van der Waals surface area contributed by atoms with Crippen molar-refractivity contribution in [2.75, 3.05) is 13.7 Å². The Kier molecular flexibility index (Phi) is 5.52. The number of ether oxygens (including phenoxy) is 2. The molecule has 0 spiro atoms. The van der Waals surface area contributed by atoms with Gasteiger partial charge in [-0.1, -0.05) is 30.3 Å². The fraction of sp³-hybridized carbons (Fsp3) is 0.111. The van der Waals surface area contributed by atoms with Gasteiger partial charge in [-0.15, -0.1) is 0 Å². The number of allylic oxidation sites excluding steroid dienone is 1. The number of carboxylic acid groups (broad SMARTS) is 1. The number of hydrogen-bond acceptors (Lipinski definition) is 4. The number of benzene rings is 2. The van der Waals surface area contributed by atoms with Crippen molar-refractivity contribution in [2.24, 2.45) is 0 Å². The fourth-order valence-corrected chi connectivity index (χ4v) is 1.86. The molecule has 0 aromatic heterocycles. The van der Waals surface area contributed by atoms with Crippen LogP contribution < -0.4 is 9.47 Å². The molecule has 0 fully saturated rings. The van der Waals surface area contributed by atoms with Gasteiger partial charge < -0.3 is 14.6 Å². The van der Waals surface area contributed by atoms with Crippen molar-refractivity contribution in [1.82, 2.24) is 0 Å². The van der Waals surface area contributed by atoms with E-state index >= 15 is 0 Å². The number of aliphatic carboxylic acids is 1. The number of carbonyl (C=O) groups excluding carboxylic acids is 1. The van der Waals surface area contributed by atoms with E-state index in [9.17, 15) is 9.59 Å². The molecule has 2 rings (SSSR count). The molecule has 0 unspecified atom stereocenters. The third kappa shape index (κ3) is 5.00. The Labute approximate surface area is 133 Å². The van der Waals surface area contributed by atoms with Gasteiger partial charge in [0.2, 0.25) is 0 Å². The quantitative estimate of drug-likeness (QED) is 0.628. The standard InChI is InChI=1S/C18H16O5/c1-22-16-4-2-3-14(11-16)17(19)10-7-13-5-8-15(9-6-13)23-12-18(20)21/h2-11H,12H2,1H3,(H,20,21)/b10-7+. The summed E-state index contributed by atoms with van der Waals surface area (Å²) in [5, 5.41) is 8.54. The topological polar surface area (TPSA) is 72.8 Å². The number of methoxy groups -OCH3 is 1. The molecular weight excluding hydrogens is 296 g/mol. The Morgan fingerprint density at radius 3 is 2.48 bits per heavy atom. The molecule has 23 heavy (non-hydrogen) atoms. The van der Waals surface area contributed by atoms with Crippen molar-refractivity contribution in [3.8, 4) is 11.5 Å². The summed E-state index contributed by atoms with van der Waals surface area (Å²) in [7, 11) is 1.55. The number of rotatable bonds is 7. The van der Waals surface area contributed by atoms with Crippen molar-refractivity contribution in [1.29, 1.82) is 0 Å². The van der Waals surface area contributed by atoms with Gasteiger partial charge >= 0.3 is 5.97 Å². The van der Waals surface area contributed by atoms with Crippen molar-refractivity contribution < 1.29 is 24.2 Å². The molecule has 0 aliphatic carbocycles. The highest BCUT2D eigenvalue weighted by Gasteiger charge is 2.03. The van der Waals surface area contributed by atoms with Crippen molar-refractivity contribution in [3.05, 3.63) is 65.7 Å². The number of ketones is 1. The highest BCUT2D eigenvalue weighted by atomic mass is 16.5. The summed E-state index contributed by atoms with van der Waals surface area (Å²) in [5.41, 5.74) is 1.35. The number of carboxylic acids is 1. The van der Waals surface area contributed by atoms with E-state index in [4.69, 9.17) is 14.6 Å². The zero-order chi connectivity index (χ0) is 16.7. The second-order valence-corrected chi connectivity index (χ2v) is 4.68. The summed E-state index contributed by atoms with van der Waals surface area (Å²) in [6.45, 7) is -0.385. The average molecular weight is 312 g/mol. The lowest BCUT2D eigenvalue weighted by molar-refractivity contribution is -0.139. The first-order valence-corrected chi connectivity index (χ1v) is 6.89. The van der Waals surface area contributed by atoms with Crippen LogP contribution in [-0.2, 0) is 4.79 Å². The lowest BCUT2D eigenvalue weighted by atomic mass is 10.1. The van der Waals surface area contributed by atoms with Gasteiger partial charge in [0.05, 0.1) is 7.11 Å². The molecule has 2 aromatic rings.